The molecule has 0 spiro atoms. The number of esters is 1. The molecule has 0 unspecified atom stereocenters. The van der Waals surface area contributed by atoms with Gasteiger partial charge in [0.25, 0.3) is 0 Å². The van der Waals surface area contributed by atoms with E-state index in [1.165, 1.54) is 30.6 Å². The SMILES string of the molecule is COC(=O)c1sc(-c2cc(F)cc(Br)c2)c(C)c1N. The van der Waals surface area contributed by atoms with E-state index in [-0.39, 0.29) is 5.82 Å². The molecule has 0 fully saturated rings. The van der Waals surface area contributed by atoms with E-state index < -0.39 is 5.97 Å². The van der Waals surface area contributed by atoms with E-state index in [4.69, 9.17) is 5.73 Å². The van der Waals surface area contributed by atoms with Crippen molar-refractivity contribution in [2.45, 2.75) is 6.92 Å². The number of halogens is 2. The molecule has 19 heavy (non-hydrogen) atoms. The molecule has 1 aromatic carbocycles. The van der Waals surface area contributed by atoms with Gasteiger partial charge in [-0.15, -0.1) is 11.3 Å². The molecule has 0 radical (unpaired) electrons. The van der Waals surface area contributed by atoms with Crippen molar-refractivity contribution in [3.8, 4) is 10.4 Å². The van der Waals surface area contributed by atoms with Crippen molar-refractivity contribution in [1.29, 1.82) is 0 Å². The normalized spacial score (nSPS) is 10.5. The number of methoxy groups -OCH3 is 1. The standard InChI is InChI=1S/C13H11BrFNO2S/c1-6-10(16)12(13(17)18-2)19-11(6)7-3-8(14)5-9(15)4-7/h3-5H,16H2,1-2H3. The summed E-state index contributed by atoms with van der Waals surface area (Å²) >= 11 is 4.45. The second kappa shape index (κ2) is 5.30. The second-order valence-electron chi connectivity index (χ2n) is 3.95. The lowest BCUT2D eigenvalue weighted by atomic mass is 10.1. The third kappa shape index (κ3) is 2.64. The van der Waals surface area contributed by atoms with Crippen LogP contribution in [-0.2, 0) is 4.74 Å². The smallest absolute Gasteiger partial charge is 0.350 e. The Morgan fingerprint density at radius 2 is 2.11 bits per heavy atom. The Kier molecular flexibility index (Phi) is 3.91. The predicted octanol–water partition coefficient (Wildman–Crippen LogP) is 3.99. The van der Waals surface area contributed by atoms with Crippen molar-refractivity contribution in [2.75, 3.05) is 12.8 Å². The van der Waals surface area contributed by atoms with Gasteiger partial charge in [0.2, 0.25) is 0 Å². The number of ether oxygens (including phenoxy) is 1. The molecule has 0 atom stereocenters. The summed E-state index contributed by atoms with van der Waals surface area (Å²) in [5.74, 6) is -0.831. The third-order valence-corrected chi connectivity index (χ3v) is 4.48. The third-order valence-electron chi connectivity index (χ3n) is 2.69. The van der Waals surface area contributed by atoms with Crippen LogP contribution >= 0.6 is 27.3 Å². The van der Waals surface area contributed by atoms with E-state index in [1.807, 2.05) is 0 Å². The number of carbonyl (C=O) groups excluding carboxylic acids is 1. The Balaban J connectivity index is 2.60. The number of benzene rings is 1. The lowest BCUT2D eigenvalue weighted by Gasteiger charge is -2.01. The van der Waals surface area contributed by atoms with Gasteiger partial charge in [0, 0.05) is 9.35 Å². The largest absolute Gasteiger partial charge is 0.465 e. The first-order valence-corrected chi connectivity index (χ1v) is 6.98. The zero-order valence-corrected chi connectivity index (χ0v) is 12.7. The Labute approximate surface area is 122 Å². The van der Waals surface area contributed by atoms with E-state index in [0.29, 0.717) is 20.6 Å². The highest BCUT2D eigenvalue weighted by Gasteiger charge is 2.20. The number of thiophene rings is 1. The minimum absolute atomic E-state index is 0.343. The minimum atomic E-state index is -0.479. The highest BCUT2D eigenvalue weighted by Crippen LogP contribution is 2.39. The number of hydrogen-bond acceptors (Lipinski definition) is 4. The molecule has 0 aliphatic heterocycles. The van der Waals surface area contributed by atoms with Gasteiger partial charge in [0.05, 0.1) is 12.8 Å². The zero-order valence-electron chi connectivity index (χ0n) is 10.3. The predicted molar refractivity (Wildman–Crippen MR) is 77.9 cm³/mol. The molecule has 2 N–H and O–H groups in total. The number of carbonyl (C=O) groups is 1. The summed E-state index contributed by atoms with van der Waals surface area (Å²) in [6, 6.07) is 4.56. The molecule has 1 heterocycles. The van der Waals surface area contributed by atoms with E-state index in [0.717, 1.165) is 10.4 Å². The van der Waals surface area contributed by atoms with Crippen LogP contribution in [0.1, 0.15) is 15.2 Å². The van der Waals surface area contributed by atoms with Gasteiger partial charge in [-0.1, -0.05) is 15.9 Å². The van der Waals surface area contributed by atoms with Crippen molar-refractivity contribution in [1.82, 2.24) is 0 Å². The molecule has 0 bridgehead atoms. The van der Waals surface area contributed by atoms with Crippen molar-refractivity contribution >= 4 is 38.9 Å². The van der Waals surface area contributed by atoms with Crippen LogP contribution in [0.5, 0.6) is 0 Å². The maximum absolute atomic E-state index is 13.4. The highest BCUT2D eigenvalue weighted by molar-refractivity contribution is 9.10. The Hall–Kier alpha value is -1.40. The first kappa shape index (κ1) is 14.0. The zero-order chi connectivity index (χ0) is 14.2. The molecule has 0 saturated carbocycles. The first-order valence-electron chi connectivity index (χ1n) is 5.37. The Morgan fingerprint density at radius 3 is 2.68 bits per heavy atom. The maximum atomic E-state index is 13.4. The van der Waals surface area contributed by atoms with Crippen molar-refractivity contribution in [2.24, 2.45) is 0 Å². The van der Waals surface area contributed by atoms with Crippen molar-refractivity contribution < 1.29 is 13.9 Å². The molecule has 0 saturated heterocycles. The molecule has 100 valence electrons. The van der Waals surface area contributed by atoms with Gasteiger partial charge in [0.1, 0.15) is 10.7 Å². The molecule has 3 nitrogen and oxygen atoms in total. The molecule has 0 aliphatic rings. The van der Waals surface area contributed by atoms with Crippen LogP contribution < -0.4 is 5.73 Å². The number of nitrogens with two attached hydrogens (primary N) is 1. The van der Waals surface area contributed by atoms with Gasteiger partial charge in [-0.05, 0) is 36.2 Å². The fraction of sp³-hybridized carbons (Fsp3) is 0.154. The fourth-order valence-corrected chi connectivity index (χ4v) is 3.33. The lowest BCUT2D eigenvalue weighted by molar-refractivity contribution is 0.0607. The minimum Gasteiger partial charge on any atom is -0.465 e. The number of hydrogen-bond donors (Lipinski definition) is 1. The van der Waals surface area contributed by atoms with E-state index in [9.17, 15) is 9.18 Å². The lowest BCUT2D eigenvalue weighted by Crippen LogP contribution is -2.01. The summed E-state index contributed by atoms with van der Waals surface area (Å²) in [6.07, 6.45) is 0. The summed E-state index contributed by atoms with van der Waals surface area (Å²) in [5, 5.41) is 0. The molecule has 2 rings (SSSR count). The quantitative estimate of drug-likeness (QED) is 0.838. The molecule has 0 aliphatic carbocycles. The maximum Gasteiger partial charge on any atom is 0.350 e. The van der Waals surface area contributed by atoms with Crippen LogP contribution in [-0.4, -0.2) is 13.1 Å². The monoisotopic (exact) mass is 343 g/mol. The van der Waals surface area contributed by atoms with Crippen molar-refractivity contribution in [3.63, 3.8) is 0 Å². The van der Waals surface area contributed by atoms with Gasteiger partial charge >= 0.3 is 5.97 Å². The van der Waals surface area contributed by atoms with Crippen LogP contribution in [0, 0.1) is 12.7 Å². The van der Waals surface area contributed by atoms with Gasteiger partial charge in [0.15, 0.2) is 0 Å². The first-order chi connectivity index (χ1) is 8.93. The van der Waals surface area contributed by atoms with Gasteiger partial charge < -0.3 is 10.5 Å². The molecule has 0 amide bonds. The van der Waals surface area contributed by atoms with E-state index >= 15 is 0 Å². The van der Waals surface area contributed by atoms with Crippen LogP contribution in [0.15, 0.2) is 22.7 Å². The fourth-order valence-electron chi connectivity index (χ4n) is 1.73. The molecule has 2 aromatic rings. The van der Waals surface area contributed by atoms with Crippen molar-refractivity contribution in [3.05, 3.63) is 38.9 Å². The van der Waals surface area contributed by atoms with Gasteiger partial charge in [-0.2, -0.15) is 0 Å². The van der Waals surface area contributed by atoms with Crippen LogP contribution in [0.2, 0.25) is 0 Å². The van der Waals surface area contributed by atoms with Gasteiger partial charge in [-0.25, -0.2) is 9.18 Å². The summed E-state index contributed by atoms with van der Waals surface area (Å²) in [5.41, 5.74) is 7.71. The molecular weight excluding hydrogens is 333 g/mol. The van der Waals surface area contributed by atoms with Gasteiger partial charge in [-0.3, -0.25) is 0 Å². The summed E-state index contributed by atoms with van der Waals surface area (Å²) < 4.78 is 18.7. The van der Waals surface area contributed by atoms with E-state index in [2.05, 4.69) is 20.7 Å². The summed E-state index contributed by atoms with van der Waals surface area (Å²) in [4.78, 5) is 12.7. The highest BCUT2D eigenvalue weighted by atomic mass is 79.9. The van der Waals surface area contributed by atoms with Crippen LogP contribution in [0.3, 0.4) is 0 Å². The second-order valence-corrected chi connectivity index (χ2v) is 5.88. The summed E-state index contributed by atoms with van der Waals surface area (Å²) in [6.45, 7) is 1.80. The Bertz CT molecular complexity index is 634. The molecule has 1 aromatic heterocycles. The summed E-state index contributed by atoms with van der Waals surface area (Å²) in [7, 11) is 1.30. The van der Waals surface area contributed by atoms with Crippen LogP contribution in [0.25, 0.3) is 10.4 Å². The molecule has 6 heteroatoms. The average Bonchev–Trinajstić information content (AvgIpc) is 2.64. The Morgan fingerprint density at radius 1 is 1.42 bits per heavy atom. The number of anilines is 1. The van der Waals surface area contributed by atoms with E-state index in [1.54, 1.807) is 13.0 Å². The molecular formula is C13H11BrFNO2S. The average molecular weight is 344 g/mol. The number of rotatable bonds is 2. The topological polar surface area (TPSA) is 52.3 Å². The van der Waals surface area contributed by atoms with Crippen LogP contribution in [0.4, 0.5) is 10.1 Å². The number of nitrogen functional groups attached to an aromatic ring is 1.